The van der Waals surface area contributed by atoms with Crippen LogP contribution in [0.25, 0.3) is 0 Å². The van der Waals surface area contributed by atoms with E-state index in [1.54, 1.807) is 6.92 Å². The Kier molecular flexibility index (Phi) is 6.01. The molecule has 0 saturated carbocycles. The van der Waals surface area contributed by atoms with Crippen molar-refractivity contribution in [2.24, 2.45) is 0 Å². The van der Waals surface area contributed by atoms with E-state index in [9.17, 15) is 35.5 Å². The maximum atomic E-state index is 13.4. The van der Waals surface area contributed by atoms with Crippen LogP contribution in [0.5, 0.6) is 0 Å². The molecule has 2 aromatic rings. The summed E-state index contributed by atoms with van der Waals surface area (Å²) in [5.41, 5.74) is -2.67. The quantitative estimate of drug-likeness (QED) is 0.656. The molecule has 5 nitrogen and oxygen atoms in total. The summed E-state index contributed by atoms with van der Waals surface area (Å²) in [5.74, 6) is -1.72. The molecule has 0 aliphatic carbocycles. The summed E-state index contributed by atoms with van der Waals surface area (Å²) < 4.78 is 91.7. The molecule has 2 amide bonds. The van der Waals surface area contributed by atoms with E-state index >= 15 is 0 Å². The van der Waals surface area contributed by atoms with Crippen molar-refractivity contribution in [2.45, 2.75) is 25.3 Å². The third-order valence-corrected chi connectivity index (χ3v) is 4.80. The number of carbonyl (C=O) groups excluding carboxylic acids is 1. The topological polar surface area (TPSA) is 48.5 Å². The Balaban J connectivity index is 1.72. The molecule has 12 heteroatoms. The predicted molar refractivity (Wildman–Crippen MR) is 98.0 cm³/mol. The van der Waals surface area contributed by atoms with Crippen LogP contribution < -0.4 is 10.2 Å². The van der Waals surface area contributed by atoms with Gasteiger partial charge in [0.15, 0.2) is 0 Å². The van der Waals surface area contributed by atoms with Gasteiger partial charge in [0.2, 0.25) is 0 Å². The number of nitrogens with zero attached hydrogens (tertiary/aromatic N) is 3. The number of piperazine rings is 1. The zero-order chi connectivity index (χ0) is 23.0. The van der Waals surface area contributed by atoms with Gasteiger partial charge in [-0.3, -0.25) is 0 Å². The highest BCUT2D eigenvalue weighted by molar-refractivity contribution is 5.89. The number of urea groups is 1. The van der Waals surface area contributed by atoms with E-state index in [2.05, 4.69) is 10.3 Å². The summed E-state index contributed by atoms with van der Waals surface area (Å²) in [6.07, 6.45) is -8.29. The smallest absolute Gasteiger partial charge is 0.352 e. The number of rotatable bonds is 2. The number of alkyl halides is 6. The second kappa shape index (κ2) is 8.23. The van der Waals surface area contributed by atoms with Crippen molar-refractivity contribution in [3.05, 3.63) is 53.5 Å². The van der Waals surface area contributed by atoms with E-state index in [-0.39, 0.29) is 31.1 Å². The zero-order valence-electron chi connectivity index (χ0n) is 16.1. The van der Waals surface area contributed by atoms with Gasteiger partial charge in [-0.25, -0.2) is 14.2 Å². The fourth-order valence-corrected chi connectivity index (χ4v) is 3.34. The first kappa shape index (κ1) is 22.6. The van der Waals surface area contributed by atoms with Crippen molar-refractivity contribution in [2.75, 3.05) is 29.9 Å². The van der Waals surface area contributed by atoms with E-state index in [1.807, 2.05) is 0 Å². The van der Waals surface area contributed by atoms with Gasteiger partial charge in [-0.1, -0.05) is 0 Å². The average Bonchev–Trinajstić information content (AvgIpc) is 2.67. The highest BCUT2D eigenvalue weighted by atomic mass is 19.4. The molecule has 3 rings (SSSR count). The molecular formula is C19H17F7N4O. The first-order valence-corrected chi connectivity index (χ1v) is 9.09. The molecule has 2 heterocycles. The van der Waals surface area contributed by atoms with Gasteiger partial charge < -0.3 is 15.1 Å². The number of carbonyl (C=O) groups is 1. The van der Waals surface area contributed by atoms with Crippen molar-refractivity contribution < 1.29 is 35.5 Å². The Labute approximate surface area is 172 Å². The minimum absolute atomic E-state index is 0.00813. The monoisotopic (exact) mass is 450 g/mol. The van der Waals surface area contributed by atoms with Crippen LogP contribution in [0.1, 0.15) is 18.1 Å². The molecule has 1 saturated heterocycles. The SMILES string of the molecule is C[C@@H]1CN(c2ncccc2C(F)(F)F)CCN1C(=O)Nc1ccc(F)c(C(F)(F)F)c1. The lowest BCUT2D eigenvalue weighted by Crippen LogP contribution is -2.55. The first-order chi connectivity index (χ1) is 14.4. The van der Waals surface area contributed by atoms with Crippen LogP contribution in [0.4, 0.5) is 47.0 Å². The van der Waals surface area contributed by atoms with E-state index in [1.165, 1.54) is 22.1 Å². The highest BCUT2D eigenvalue weighted by Crippen LogP contribution is 2.36. The maximum absolute atomic E-state index is 13.4. The van der Waals surface area contributed by atoms with Crippen LogP contribution in [0, 0.1) is 5.82 Å². The molecule has 168 valence electrons. The molecule has 0 unspecified atom stereocenters. The van der Waals surface area contributed by atoms with Crippen LogP contribution in [0.3, 0.4) is 0 Å². The van der Waals surface area contributed by atoms with Gasteiger partial charge in [0, 0.05) is 37.6 Å². The summed E-state index contributed by atoms with van der Waals surface area (Å²) >= 11 is 0. The molecular weight excluding hydrogens is 433 g/mol. The van der Waals surface area contributed by atoms with Crippen LogP contribution in [-0.2, 0) is 12.4 Å². The Morgan fingerprint density at radius 1 is 1.06 bits per heavy atom. The molecule has 1 aliphatic rings. The van der Waals surface area contributed by atoms with Crippen LogP contribution in [0.2, 0.25) is 0 Å². The molecule has 0 spiro atoms. The van der Waals surface area contributed by atoms with Crippen molar-refractivity contribution in [1.29, 1.82) is 0 Å². The van der Waals surface area contributed by atoms with Crippen LogP contribution in [0.15, 0.2) is 36.5 Å². The Morgan fingerprint density at radius 2 is 1.74 bits per heavy atom. The number of anilines is 2. The molecule has 1 aromatic heterocycles. The van der Waals surface area contributed by atoms with Gasteiger partial charge in [0.05, 0.1) is 11.1 Å². The highest BCUT2D eigenvalue weighted by Gasteiger charge is 2.38. The summed E-state index contributed by atoms with van der Waals surface area (Å²) in [6.45, 7) is 1.67. The lowest BCUT2D eigenvalue weighted by molar-refractivity contribution is -0.140. The summed E-state index contributed by atoms with van der Waals surface area (Å²) in [5, 5.41) is 2.28. The Bertz CT molecular complexity index is 961. The number of amides is 2. The molecule has 1 fully saturated rings. The van der Waals surface area contributed by atoms with Gasteiger partial charge in [0.1, 0.15) is 11.6 Å². The largest absolute Gasteiger partial charge is 0.419 e. The normalized spacial score (nSPS) is 17.6. The number of nitrogens with one attached hydrogen (secondary N) is 1. The number of halogens is 7. The van der Waals surface area contributed by atoms with Crippen molar-refractivity contribution >= 4 is 17.5 Å². The summed E-state index contributed by atoms with van der Waals surface area (Å²) in [6, 6.07) is 2.85. The molecule has 0 radical (unpaired) electrons. The molecule has 1 atom stereocenters. The fraction of sp³-hybridized carbons (Fsp3) is 0.368. The standard InChI is InChI=1S/C19H17F7N4O/c1-11-10-29(16-13(18(21,22)23)3-2-6-27-16)7-8-30(11)17(31)28-12-4-5-15(20)14(9-12)19(24,25)26/h2-6,9,11H,7-8,10H2,1H3,(H,28,31)/t11-/m1/s1. The molecule has 31 heavy (non-hydrogen) atoms. The second-order valence-electron chi connectivity index (χ2n) is 6.98. The van der Waals surface area contributed by atoms with Crippen LogP contribution in [-0.4, -0.2) is 41.6 Å². The van der Waals surface area contributed by atoms with E-state index in [0.29, 0.717) is 12.1 Å². The minimum Gasteiger partial charge on any atom is -0.352 e. The number of pyridine rings is 1. The number of hydrogen-bond donors (Lipinski definition) is 1. The number of hydrogen-bond acceptors (Lipinski definition) is 3. The van der Waals surface area contributed by atoms with E-state index in [4.69, 9.17) is 0 Å². The second-order valence-corrected chi connectivity index (χ2v) is 6.98. The zero-order valence-corrected chi connectivity index (χ0v) is 16.1. The van der Waals surface area contributed by atoms with Crippen molar-refractivity contribution in [3.8, 4) is 0 Å². The van der Waals surface area contributed by atoms with Gasteiger partial charge in [-0.15, -0.1) is 0 Å². The number of aromatic nitrogens is 1. The Hall–Kier alpha value is -3.05. The summed E-state index contributed by atoms with van der Waals surface area (Å²) in [4.78, 5) is 19.0. The third kappa shape index (κ3) is 5.00. The Morgan fingerprint density at radius 3 is 2.35 bits per heavy atom. The van der Waals surface area contributed by atoms with Gasteiger partial charge in [-0.05, 0) is 37.3 Å². The van der Waals surface area contributed by atoms with Gasteiger partial charge in [0.25, 0.3) is 0 Å². The number of benzene rings is 1. The maximum Gasteiger partial charge on any atom is 0.419 e. The lowest BCUT2D eigenvalue weighted by atomic mass is 10.1. The average molecular weight is 450 g/mol. The third-order valence-electron chi connectivity index (χ3n) is 4.80. The molecule has 1 aliphatic heterocycles. The van der Waals surface area contributed by atoms with Gasteiger partial charge >= 0.3 is 18.4 Å². The molecule has 1 aromatic carbocycles. The summed E-state index contributed by atoms with van der Waals surface area (Å²) in [7, 11) is 0. The predicted octanol–water partition coefficient (Wildman–Crippen LogP) is 5.00. The molecule has 1 N–H and O–H groups in total. The van der Waals surface area contributed by atoms with Crippen molar-refractivity contribution in [1.82, 2.24) is 9.88 Å². The minimum atomic E-state index is -4.93. The molecule has 0 bridgehead atoms. The lowest BCUT2D eigenvalue weighted by Gasteiger charge is -2.40. The van der Waals surface area contributed by atoms with E-state index < -0.39 is 41.4 Å². The van der Waals surface area contributed by atoms with Crippen LogP contribution >= 0.6 is 0 Å². The fourth-order valence-electron chi connectivity index (χ4n) is 3.34. The first-order valence-electron chi connectivity index (χ1n) is 9.09. The van der Waals surface area contributed by atoms with Gasteiger partial charge in [-0.2, -0.15) is 26.3 Å². The van der Waals surface area contributed by atoms with Crippen molar-refractivity contribution in [3.63, 3.8) is 0 Å². The van der Waals surface area contributed by atoms with E-state index in [0.717, 1.165) is 12.1 Å².